The van der Waals surface area contributed by atoms with E-state index >= 15 is 0 Å². The number of carbonyl (C=O) groups is 1. The largest absolute Gasteiger partial charge is 0.476 e. The number of benzene rings is 1. The highest BCUT2D eigenvalue weighted by atomic mass is 35.5. The van der Waals surface area contributed by atoms with E-state index in [4.69, 9.17) is 28.3 Å². The van der Waals surface area contributed by atoms with Gasteiger partial charge in [-0.05, 0) is 24.3 Å². The number of aromatic carboxylic acids is 1. The zero-order valence-electron chi connectivity index (χ0n) is 8.89. The molecule has 0 atom stereocenters. The molecule has 0 fully saturated rings. The van der Waals surface area contributed by atoms with Crippen LogP contribution in [-0.4, -0.2) is 21.0 Å². The van der Waals surface area contributed by atoms with Crippen molar-refractivity contribution >= 4 is 40.7 Å². The third kappa shape index (κ3) is 2.88. The van der Waals surface area contributed by atoms with Gasteiger partial charge in [0, 0.05) is 10.7 Å². The fourth-order valence-electron chi connectivity index (χ4n) is 1.28. The second-order valence-corrected chi connectivity index (χ2v) is 4.15. The first-order valence-corrected chi connectivity index (χ1v) is 5.60. The minimum Gasteiger partial charge on any atom is -0.476 e. The number of carboxylic acids is 1. The summed E-state index contributed by atoms with van der Waals surface area (Å²) in [4.78, 5) is 18.6. The van der Waals surface area contributed by atoms with E-state index in [2.05, 4.69) is 15.3 Å². The number of halogens is 2. The number of aromatic nitrogens is 2. The van der Waals surface area contributed by atoms with Crippen LogP contribution in [0.2, 0.25) is 10.2 Å². The van der Waals surface area contributed by atoms with Crippen molar-refractivity contribution in [1.29, 1.82) is 0 Å². The third-order valence-electron chi connectivity index (χ3n) is 2.05. The van der Waals surface area contributed by atoms with Crippen LogP contribution in [0, 0.1) is 0 Å². The summed E-state index contributed by atoms with van der Waals surface area (Å²) in [5.74, 6) is -1.10. The molecule has 1 aromatic carbocycles. The maximum absolute atomic E-state index is 11.0. The molecule has 0 aliphatic rings. The van der Waals surface area contributed by atoms with Gasteiger partial charge in [-0.1, -0.05) is 23.2 Å². The Bertz CT molecular complexity index is 587. The van der Waals surface area contributed by atoms with Crippen molar-refractivity contribution in [2.75, 3.05) is 5.32 Å². The predicted molar refractivity (Wildman–Crippen MR) is 68.7 cm³/mol. The van der Waals surface area contributed by atoms with Crippen LogP contribution in [0.4, 0.5) is 11.5 Å². The Balaban J connectivity index is 2.35. The van der Waals surface area contributed by atoms with E-state index in [9.17, 15) is 4.79 Å². The molecular weight excluding hydrogens is 277 g/mol. The van der Waals surface area contributed by atoms with E-state index < -0.39 is 5.97 Å². The first kappa shape index (κ1) is 12.6. The standard InChI is InChI=1S/C11H7Cl2N3O2/c12-6-1-3-7(4-2-6)15-10-9(11(17)18)14-5-8(13)16-10/h1-5H,(H,15,16)(H,17,18). The minimum atomic E-state index is -1.18. The topological polar surface area (TPSA) is 75.1 Å². The zero-order chi connectivity index (χ0) is 13.1. The van der Waals surface area contributed by atoms with E-state index in [1.807, 2.05) is 0 Å². The molecule has 2 aromatic rings. The fraction of sp³-hybridized carbons (Fsp3) is 0. The molecule has 0 saturated heterocycles. The molecule has 2 N–H and O–H groups in total. The van der Waals surface area contributed by atoms with Crippen molar-refractivity contribution in [3.8, 4) is 0 Å². The van der Waals surface area contributed by atoms with Crippen molar-refractivity contribution in [3.05, 3.63) is 46.3 Å². The Morgan fingerprint density at radius 3 is 2.50 bits per heavy atom. The molecule has 18 heavy (non-hydrogen) atoms. The first-order chi connectivity index (χ1) is 8.56. The van der Waals surface area contributed by atoms with E-state index in [-0.39, 0.29) is 16.7 Å². The number of rotatable bonds is 3. The monoisotopic (exact) mass is 283 g/mol. The Labute approximate surface area is 112 Å². The van der Waals surface area contributed by atoms with Gasteiger partial charge in [0.15, 0.2) is 11.5 Å². The van der Waals surface area contributed by atoms with Gasteiger partial charge in [0.25, 0.3) is 0 Å². The van der Waals surface area contributed by atoms with Crippen LogP contribution in [0.1, 0.15) is 10.5 Å². The summed E-state index contributed by atoms with van der Waals surface area (Å²) in [5, 5.41) is 12.5. The van der Waals surface area contributed by atoms with Gasteiger partial charge < -0.3 is 10.4 Å². The molecule has 0 unspecified atom stereocenters. The molecule has 0 saturated carbocycles. The molecule has 92 valence electrons. The quantitative estimate of drug-likeness (QED) is 0.905. The smallest absolute Gasteiger partial charge is 0.358 e. The van der Waals surface area contributed by atoms with Gasteiger partial charge in [-0.15, -0.1) is 0 Å². The molecule has 0 aliphatic heterocycles. The van der Waals surface area contributed by atoms with Gasteiger partial charge in [-0.3, -0.25) is 0 Å². The maximum Gasteiger partial charge on any atom is 0.358 e. The number of carboxylic acid groups (broad SMARTS) is 1. The molecule has 5 nitrogen and oxygen atoms in total. The second-order valence-electron chi connectivity index (χ2n) is 3.33. The number of nitrogens with zero attached hydrogens (tertiary/aromatic N) is 2. The van der Waals surface area contributed by atoms with E-state index in [0.29, 0.717) is 10.7 Å². The SMILES string of the molecule is O=C(O)c1ncc(Cl)nc1Nc1ccc(Cl)cc1. The molecule has 1 aromatic heterocycles. The predicted octanol–water partition coefficient (Wildman–Crippen LogP) is 3.23. The van der Waals surface area contributed by atoms with Crippen LogP contribution >= 0.6 is 23.2 Å². The van der Waals surface area contributed by atoms with Crippen LogP contribution in [0.15, 0.2) is 30.5 Å². The van der Waals surface area contributed by atoms with Gasteiger partial charge in [0.05, 0.1) is 6.20 Å². The van der Waals surface area contributed by atoms with Crippen molar-refractivity contribution < 1.29 is 9.90 Å². The van der Waals surface area contributed by atoms with Gasteiger partial charge in [0.1, 0.15) is 5.15 Å². The lowest BCUT2D eigenvalue weighted by Gasteiger charge is -2.08. The molecule has 2 rings (SSSR count). The third-order valence-corrected chi connectivity index (χ3v) is 2.49. The number of hydrogen-bond donors (Lipinski definition) is 2. The van der Waals surface area contributed by atoms with E-state index in [0.717, 1.165) is 0 Å². The van der Waals surface area contributed by atoms with Crippen molar-refractivity contribution in [2.45, 2.75) is 0 Å². The number of anilines is 2. The average molecular weight is 284 g/mol. The molecule has 1 heterocycles. The molecule has 7 heteroatoms. The summed E-state index contributed by atoms with van der Waals surface area (Å²) in [7, 11) is 0. The minimum absolute atomic E-state index is 0.0809. The van der Waals surface area contributed by atoms with Crippen LogP contribution in [0.5, 0.6) is 0 Å². The highest BCUT2D eigenvalue weighted by Crippen LogP contribution is 2.20. The van der Waals surface area contributed by atoms with Gasteiger partial charge in [0.2, 0.25) is 0 Å². The number of hydrogen-bond acceptors (Lipinski definition) is 4. The lowest BCUT2D eigenvalue weighted by molar-refractivity contribution is 0.0691. The van der Waals surface area contributed by atoms with Crippen molar-refractivity contribution in [1.82, 2.24) is 9.97 Å². The maximum atomic E-state index is 11.0. The molecular formula is C11H7Cl2N3O2. The lowest BCUT2D eigenvalue weighted by atomic mass is 10.3. The van der Waals surface area contributed by atoms with Gasteiger partial charge in [-0.25, -0.2) is 14.8 Å². The van der Waals surface area contributed by atoms with Crippen molar-refractivity contribution in [3.63, 3.8) is 0 Å². The Morgan fingerprint density at radius 2 is 1.89 bits per heavy atom. The Morgan fingerprint density at radius 1 is 1.22 bits per heavy atom. The summed E-state index contributed by atoms with van der Waals surface area (Å²) in [6, 6.07) is 6.72. The van der Waals surface area contributed by atoms with Gasteiger partial charge >= 0.3 is 5.97 Å². The summed E-state index contributed by atoms with van der Waals surface area (Å²) < 4.78 is 0. The van der Waals surface area contributed by atoms with Gasteiger partial charge in [-0.2, -0.15) is 0 Å². The molecule has 0 radical (unpaired) electrons. The van der Waals surface area contributed by atoms with Crippen LogP contribution in [0.25, 0.3) is 0 Å². The van der Waals surface area contributed by atoms with Crippen LogP contribution in [0.3, 0.4) is 0 Å². The molecule has 0 bridgehead atoms. The summed E-state index contributed by atoms with van der Waals surface area (Å²) in [5.41, 5.74) is 0.438. The highest BCUT2D eigenvalue weighted by molar-refractivity contribution is 6.30. The normalized spacial score (nSPS) is 10.1. The Kier molecular flexibility index (Phi) is 3.64. The average Bonchev–Trinajstić information content (AvgIpc) is 2.32. The zero-order valence-corrected chi connectivity index (χ0v) is 10.4. The van der Waals surface area contributed by atoms with Crippen LogP contribution in [-0.2, 0) is 0 Å². The molecule has 0 aliphatic carbocycles. The van der Waals surface area contributed by atoms with Crippen molar-refractivity contribution in [2.24, 2.45) is 0 Å². The summed E-state index contributed by atoms with van der Waals surface area (Å²) in [6.45, 7) is 0. The second kappa shape index (κ2) is 5.20. The molecule has 0 spiro atoms. The Hall–Kier alpha value is -1.85. The highest BCUT2D eigenvalue weighted by Gasteiger charge is 2.14. The van der Waals surface area contributed by atoms with E-state index in [1.165, 1.54) is 6.20 Å². The molecule has 0 amide bonds. The number of nitrogens with one attached hydrogen (secondary N) is 1. The first-order valence-electron chi connectivity index (χ1n) is 4.84. The lowest BCUT2D eigenvalue weighted by Crippen LogP contribution is -2.07. The fourth-order valence-corrected chi connectivity index (χ4v) is 1.54. The summed E-state index contributed by atoms with van der Waals surface area (Å²) in [6.07, 6.45) is 1.18. The van der Waals surface area contributed by atoms with E-state index in [1.54, 1.807) is 24.3 Å². The summed E-state index contributed by atoms with van der Waals surface area (Å²) >= 11 is 11.4. The van der Waals surface area contributed by atoms with Crippen LogP contribution < -0.4 is 5.32 Å².